The lowest BCUT2D eigenvalue weighted by molar-refractivity contribution is 0.104. The number of nitrogen functional groups attached to an aromatic ring is 1. The fraction of sp³-hybridized carbons (Fsp3) is 0.0667. The van der Waals surface area contributed by atoms with Crippen LogP contribution in [0.4, 0.5) is 5.69 Å². The highest BCUT2D eigenvalue weighted by Gasteiger charge is 2.16. The lowest BCUT2D eigenvalue weighted by atomic mass is 9.99. The van der Waals surface area contributed by atoms with Gasteiger partial charge in [-0.05, 0) is 42.8 Å². The van der Waals surface area contributed by atoms with Crippen LogP contribution in [0.3, 0.4) is 0 Å². The standard InChI is InChI=1S/C15H13N3O/c1-9-7-10(16)4-5-11(9)14(19)13-8-18-15-12(13)3-2-6-17-15/h2-8H,16H2,1H3,(H,17,18). The van der Waals surface area contributed by atoms with Crippen LogP contribution in [0, 0.1) is 6.92 Å². The molecule has 3 aromatic rings. The number of anilines is 1. The van der Waals surface area contributed by atoms with Gasteiger partial charge in [-0.15, -0.1) is 0 Å². The highest BCUT2D eigenvalue weighted by molar-refractivity contribution is 6.16. The van der Waals surface area contributed by atoms with Gasteiger partial charge in [-0.2, -0.15) is 0 Å². The van der Waals surface area contributed by atoms with E-state index >= 15 is 0 Å². The monoisotopic (exact) mass is 251 g/mol. The van der Waals surface area contributed by atoms with Gasteiger partial charge < -0.3 is 10.7 Å². The SMILES string of the molecule is Cc1cc(N)ccc1C(=O)c1c[nH]c2ncccc12. The van der Waals surface area contributed by atoms with Crippen LogP contribution in [0.25, 0.3) is 11.0 Å². The van der Waals surface area contributed by atoms with Gasteiger partial charge in [0.1, 0.15) is 5.65 Å². The first-order valence-corrected chi connectivity index (χ1v) is 6.00. The summed E-state index contributed by atoms with van der Waals surface area (Å²) in [5, 5.41) is 0.837. The van der Waals surface area contributed by atoms with Gasteiger partial charge in [-0.1, -0.05) is 0 Å². The Morgan fingerprint density at radius 1 is 1.26 bits per heavy atom. The summed E-state index contributed by atoms with van der Waals surface area (Å²) < 4.78 is 0. The fourth-order valence-corrected chi connectivity index (χ4v) is 2.23. The Kier molecular flexibility index (Phi) is 2.56. The van der Waals surface area contributed by atoms with Crippen molar-refractivity contribution < 1.29 is 4.79 Å². The van der Waals surface area contributed by atoms with Gasteiger partial charge in [-0.3, -0.25) is 4.79 Å². The van der Waals surface area contributed by atoms with Crippen molar-refractivity contribution in [2.45, 2.75) is 6.92 Å². The van der Waals surface area contributed by atoms with Gasteiger partial charge in [0.2, 0.25) is 0 Å². The van der Waals surface area contributed by atoms with E-state index in [1.54, 1.807) is 30.6 Å². The second kappa shape index (κ2) is 4.24. The Morgan fingerprint density at radius 2 is 2.11 bits per heavy atom. The molecular formula is C15H13N3O. The zero-order valence-corrected chi connectivity index (χ0v) is 10.5. The molecular weight excluding hydrogens is 238 g/mol. The number of aromatic nitrogens is 2. The summed E-state index contributed by atoms with van der Waals surface area (Å²) >= 11 is 0. The quantitative estimate of drug-likeness (QED) is 0.543. The van der Waals surface area contributed by atoms with Crippen molar-refractivity contribution in [1.29, 1.82) is 0 Å². The van der Waals surface area contributed by atoms with Crippen LogP contribution in [0.2, 0.25) is 0 Å². The summed E-state index contributed by atoms with van der Waals surface area (Å²) in [6.07, 6.45) is 3.40. The number of nitrogens with one attached hydrogen (secondary N) is 1. The minimum atomic E-state index is -0.0169. The van der Waals surface area contributed by atoms with Crippen molar-refractivity contribution in [3.8, 4) is 0 Å². The van der Waals surface area contributed by atoms with E-state index < -0.39 is 0 Å². The van der Waals surface area contributed by atoms with Crippen molar-refractivity contribution in [2.24, 2.45) is 0 Å². The van der Waals surface area contributed by atoms with Crippen LogP contribution in [0.5, 0.6) is 0 Å². The molecule has 0 saturated carbocycles. The highest BCUT2D eigenvalue weighted by Crippen LogP contribution is 2.22. The maximum Gasteiger partial charge on any atom is 0.195 e. The van der Waals surface area contributed by atoms with Crippen LogP contribution >= 0.6 is 0 Å². The Morgan fingerprint density at radius 3 is 2.89 bits per heavy atom. The van der Waals surface area contributed by atoms with Crippen molar-refractivity contribution >= 4 is 22.5 Å². The number of pyridine rings is 1. The molecule has 0 amide bonds. The molecule has 3 rings (SSSR count). The molecule has 2 heterocycles. The van der Waals surface area contributed by atoms with Crippen LogP contribution < -0.4 is 5.73 Å². The van der Waals surface area contributed by atoms with E-state index in [0.717, 1.165) is 16.6 Å². The molecule has 4 nitrogen and oxygen atoms in total. The molecule has 4 heteroatoms. The molecule has 0 fully saturated rings. The molecule has 0 aliphatic carbocycles. The molecule has 0 aliphatic rings. The smallest absolute Gasteiger partial charge is 0.195 e. The van der Waals surface area contributed by atoms with Crippen LogP contribution in [-0.4, -0.2) is 15.8 Å². The van der Waals surface area contributed by atoms with Gasteiger partial charge in [0.15, 0.2) is 5.78 Å². The lowest BCUT2D eigenvalue weighted by Crippen LogP contribution is -2.03. The Labute approximate surface area is 110 Å². The molecule has 0 atom stereocenters. The molecule has 0 saturated heterocycles. The number of carbonyl (C=O) groups excluding carboxylic acids is 1. The first-order chi connectivity index (χ1) is 9.16. The predicted molar refractivity (Wildman–Crippen MR) is 75.1 cm³/mol. The maximum absolute atomic E-state index is 12.6. The van der Waals surface area contributed by atoms with E-state index in [9.17, 15) is 4.79 Å². The molecule has 0 radical (unpaired) electrons. The highest BCUT2D eigenvalue weighted by atomic mass is 16.1. The molecule has 0 unspecified atom stereocenters. The van der Waals surface area contributed by atoms with E-state index in [2.05, 4.69) is 9.97 Å². The van der Waals surface area contributed by atoms with Crippen LogP contribution in [-0.2, 0) is 0 Å². The zero-order valence-electron chi connectivity index (χ0n) is 10.5. The van der Waals surface area contributed by atoms with Gasteiger partial charge in [0, 0.05) is 34.6 Å². The number of aromatic amines is 1. The summed E-state index contributed by atoms with van der Waals surface area (Å²) in [5.74, 6) is -0.0169. The minimum absolute atomic E-state index is 0.0169. The molecule has 19 heavy (non-hydrogen) atoms. The number of nitrogens with two attached hydrogens (primary N) is 1. The number of fused-ring (bicyclic) bond motifs is 1. The van der Waals surface area contributed by atoms with Gasteiger partial charge in [0.05, 0.1) is 0 Å². The minimum Gasteiger partial charge on any atom is -0.399 e. The zero-order chi connectivity index (χ0) is 13.4. The predicted octanol–water partition coefficient (Wildman–Crippen LogP) is 2.68. The molecule has 2 aromatic heterocycles. The number of rotatable bonds is 2. The summed E-state index contributed by atoms with van der Waals surface area (Å²) in [4.78, 5) is 19.8. The first-order valence-electron chi connectivity index (χ1n) is 6.00. The molecule has 1 aromatic carbocycles. The van der Waals surface area contributed by atoms with Crippen molar-refractivity contribution in [1.82, 2.24) is 9.97 Å². The largest absolute Gasteiger partial charge is 0.399 e. The summed E-state index contributed by atoms with van der Waals surface area (Å²) in [5.41, 5.74) is 9.27. The second-order valence-corrected chi connectivity index (χ2v) is 4.51. The van der Waals surface area contributed by atoms with Crippen molar-refractivity contribution in [2.75, 3.05) is 5.73 Å². The van der Waals surface area contributed by atoms with Crippen molar-refractivity contribution in [3.05, 3.63) is 59.4 Å². The maximum atomic E-state index is 12.6. The van der Waals surface area contributed by atoms with E-state index in [0.29, 0.717) is 16.8 Å². The number of nitrogens with zero attached hydrogens (tertiary/aromatic N) is 1. The fourth-order valence-electron chi connectivity index (χ4n) is 2.23. The van der Waals surface area contributed by atoms with Gasteiger partial charge >= 0.3 is 0 Å². The van der Waals surface area contributed by atoms with Crippen LogP contribution in [0.15, 0.2) is 42.7 Å². The molecule has 3 N–H and O–H groups in total. The van der Waals surface area contributed by atoms with Gasteiger partial charge in [0.25, 0.3) is 0 Å². The third kappa shape index (κ3) is 1.87. The van der Waals surface area contributed by atoms with Crippen LogP contribution in [0.1, 0.15) is 21.5 Å². The summed E-state index contributed by atoms with van der Waals surface area (Å²) in [6, 6.07) is 9.03. The summed E-state index contributed by atoms with van der Waals surface area (Å²) in [6.45, 7) is 1.89. The second-order valence-electron chi connectivity index (χ2n) is 4.51. The topological polar surface area (TPSA) is 71.8 Å². The van der Waals surface area contributed by atoms with E-state index in [1.807, 2.05) is 19.1 Å². The third-order valence-corrected chi connectivity index (χ3v) is 3.19. The average molecular weight is 251 g/mol. The number of aryl methyl sites for hydroxylation is 1. The number of H-pyrrole nitrogens is 1. The van der Waals surface area contributed by atoms with Crippen molar-refractivity contribution in [3.63, 3.8) is 0 Å². The van der Waals surface area contributed by atoms with E-state index in [4.69, 9.17) is 5.73 Å². The van der Waals surface area contributed by atoms with Gasteiger partial charge in [-0.25, -0.2) is 4.98 Å². The normalized spacial score (nSPS) is 10.8. The summed E-state index contributed by atoms with van der Waals surface area (Å²) in [7, 11) is 0. The molecule has 0 aliphatic heterocycles. The van der Waals surface area contributed by atoms with E-state index in [1.165, 1.54) is 0 Å². The number of hydrogen-bond acceptors (Lipinski definition) is 3. The first kappa shape index (κ1) is 11.5. The lowest BCUT2D eigenvalue weighted by Gasteiger charge is -2.05. The number of ketones is 1. The Balaban J connectivity index is 2.13. The Bertz CT molecular complexity index is 774. The Hall–Kier alpha value is -2.62. The number of benzene rings is 1. The van der Waals surface area contributed by atoms with E-state index in [-0.39, 0.29) is 5.78 Å². The molecule has 0 bridgehead atoms. The number of carbonyl (C=O) groups is 1. The number of hydrogen-bond donors (Lipinski definition) is 2. The molecule has 94 valence electrons. The average Bonchev–Trinajstić information content (AvgIpc) is 2.82. The molecule has 0 spiro atoms. The third-order valence-electron chi connectivity index (χ3n) is 3.19.